The lowest BCUT2D eigenvalue weighted by Gasteiger charge is -2.17. The highest BCUT2D eigenvalue weighted by Crippen LogP contribution is 2.28. The third-order valence-electron chi connectivity index (χ3n) is 4.40. The van der Waals surface area contributed by atoms with Gasteiger partial charge in [0.05, 0.1) is 23.9 Å². The normalized spacial score (nSPS) is 15.0. The van der Waals surface area contributed by atoms with Crippen LogP contribution in [0.15, 0.2) is 24.5 Å². The molecule has 146 valence electrons. The number of hydrogen-bond acceptors (Lipinski definition) is 4. The lowest BCUT2D eigenvalue weighted by molar-refractivity contribution is -0.137. The Morgan fingerprint density at radius 1 is 1.41 bits per heavy atom. The Morgan fingerprint density at radius 3 is 2.96 bits per heavy atom. The van der Waals surface area contributed by atoms with Gasteiger partial charge in [-0.25, -0.2) is 4.98 Å². The molecule has 2 aromatic heterocycles. The molecular formula is C18H22F3N5O. The Hall–Kier alpha value is -2.58. The minimum atomic E-state index is -4.40. The second kappa shape index (κ2) is 7.98. The molecule has 2 N–H and O–H groups in total. The number of nitrogens with zero attached hydrogens (tertiary/aromatic N) is 3. The van der Waals surface area contributed by atoms with Gasteiger partial charge < -0.3 is 10.6 Å². The van der Waals surface area contributed by atoms with Crippen molar-refractivity contribution in [1.82, 2.24) is 20.1 Å². The van der Waals surface area contributed by atoms with Crippen LogP contribution in [0.5, 0.6) is 0 Å². The first-order chi connectivity index (χ1) is 12.8. The van der Waals surface area contributed by atoms with Gasteiger partial charge in [0.1, 0.15) is 5.82 Å². The van der Waals surface area contributed by atoms with Crippen LogP contribution >= 0.6 is 0 Å². The van der Waals surface area contributed by atoms with Crippen LogP contribution in [0.25, 0.3) is 0 Å². The first-order valence-corrected chi connectivity index (χ1v) is 8.90. The summed E-state index contributed by atoms with van der Waals surface area (Å²) < 4.78 is 39.0. The van der Waals surface area contributed by atoms with Gasteiger partial charge in [0, 0.05) is 25.8 Å². The van der Waals surface area contributed by atoms with E-state index in [0.29, 0.717) is 12.2 Å². The summed E-state index contributed by atoms with van der Waals surface area (Å²) in [5.74, 6) is 0.619. The lowest BCUT2D eigenvalue weighted by Crippen LogP contribution is -2.31. The molecule has 0 saturated heterocycles. The fourth-order valence-electron chi connectivity index (χ4n) is 2.98. The van der Waals surface area contributed by atoms with Crippen molar-refractivity contribution in [3.05, 3.63) is 41.3 Å². The van der Waals surface area contributed by atoms with Gasteiger partial charge >= 0.3 is 6.18 Å². The van der Waals surface area contributed by atoms with Gasteiger partial charge in [-0.2, -0.15) is 18.3 Å². The molecular weight excluding hydrogens is 359 g/mol. The average Bonchev–Trinajstić information content (AvgIpc) is 3.09. The number of aryl methyl sites for hydroxylation is 1. The standard InChI is InChI=1S/C18H22F3N5O/c1-12(10-26-11-14(9-24-26)18(19,20)21)8-23-16(27)7-15-5-4-13-3-2-6-22-17(13)25-15/h4-5,9,11-12H,2-3,6-8,10H2,1H3,(H,22,25)(H,23,27). The number of fused-ring (bicyclic) bond motifs is 1. The zero-order chi connectivity index (χ0) is 19.4. The molecule has 1 amide bonds. The van der Waals surface area contributed by atoms with Gasteiger partial charge in [-0.15, -0.1) is 0 Å². The molecule has 0 saturated carbocycles. The Morgan fingerprint density at radius 2 is 2.22 bits per heavy atom. The molecule has 3 heterocycles. The van der Waals surface area contributed by atoms with Gasteiger partial charge in [0.2, 0.25) is 5.91 Å². The van der Waals surface area contributed by atoms with Gasteiger partial charge in [-0.05, 0) is 30.4 Å². The molecule has 0 bridgehead atoms. The molecule has 27 heavy (non-hydrogen) atoms. The molecule has 0 aliphatic carbocycles. The van der Waals surface area contributed by atoms with E-state index in [4.69, 9.17) is 0 Å². The van der Waals surface area contributed by atoms with E-state index in [9.17, 15) is 18.0 Å². The van der Waals surface area contributed by atoms with Crippen molar-refractivity contribution in [1.29, 1.82) is 0 Å². The largest absolute Gasteiger partial charge is 0.419 e. The minimum absolute atomic E-state index is 0.0620. The number of pyridine rings is 1. The number of carbonyl (C=O) groups is 1. The topological polar surface area (TPSA) is 71.8 Å². The van der Waals surface area contributed by atoms with Crippen LogP contribution in [0.4, 0.5) is 19.0 Å². The summed E-state index contributed by atoms with van der Waals surface area (Å²) in [5.41, 5.74) is 1.08. The van der Waals surface area contributed by atoms with Crippen LogP contribution in [0.1, 0.15) is 30.2 Å². The van der Waals surface area contributed by atoms with E-state index in [1.807, 2.05) is 19.1 Å². The number of halogens is 3. The first-order valence-electron chi connectivity index (χ1n) is 8.90. The SMILES string of the molecule is CC(CNC(=O)Cc1ccc2c(n1)NCCC2)Cn1cc(C(F)(F)F)cn1. The van der Waals surface area contributed by atoms with Crippen LogP contribution in [-0.2, 0) is 30.4 Å². The predicted octanol–water partition coefficient (Wildman–Crippen LogP) is 2.65. The second-order valence-corrected chi connectivity index (χ2v) is 6.88. The quantitative estimate of drug-likeness (QED) is 0.807. The summed E-state index contributed by atoms with van der Waals surface area (Å²) in [6.45, 7) is 3.37. The smallest absolute Gasteiger partial charge is 0.370 e. The van der Waals surface area contributed by atoms with E-state index >= 15 is 0 Å². The molecule has 0 aromatic carbocycles. The summed E-state index contributed by atoms with van der Waals surface area (Å²) >= 11 is 0. The number of aromatic nitrogens is 3. The summed E-state index contributed by atoms with van der Waals surface area (Å²) in [6, 6.07) is 3.85. The molecule has 3 rings (SSSR count). The summed E-state index contributed by atoms with van der Waals surface area (Å²) in [4.78, 5) is 16.6. The monoisotopic (exact) mass is 381 g/mol. The zero-order valence-electron chi connectivity index (χ0n) is 15.0. The van der Waals surface area contributed by atoms with Crippen molar-refractivity contribution < 1.29 is 18.0 Å². The number of hydrogen-bond donors (Lipinski definition) is 2. The third-order valence-corrected chi connectivity index (χ3v) is 4.40. The molecule has 0 fully saturated rings. The van der Waals surface area contributed by atoms with E-state index in [0.717, 1.165) is 43.2 Å². The van der Waals surface area contributed by atoms with Crippen LogP contribution < -0.4 is 10.6 Å². The molecule has 1 aliphatic rings. The van der Waals surface area contributed by atoms with Crippen molar-refractivity contribution in [3.8, 4) is 0 Å². The molecule has 1 aliphatic heterocycles. The van der Waals surface area contributed by atoms with Gasteiger partial charge in [-0.3, -0.25) is 9.48 Å². The van der Waals surface area contributed by atoms with Crippen molar-refractivity contribution in [3.63, 3.8) is 0 Å². The van der Waals surface area contributed by atoms with Crippen molar-refractivity contribution in [2.75, 3.05) is 18.4 Å². The molecule has 6 nitrogen and oxygen atoms in total. The number of nitrogens with one attached hydrogen (secondary N) is 2. The fourth-order valence-corrected chi connectivity index (χ4v) is 2.98. The van der Waals surface area contributed by atoms with E-state index in [1.54, 1.807) is 0 Å². The van der Waals surface area contributed by atoms with E-state index < -0.39 is 11.7 Å². The molecule has 9 heteroatoms. The van der Waals surface area contributed by atoms with Crippen LogP contribution in [0.3, 0.4) is 0 Å². The van der Waals surface area contributed by atoms with Gasteiger partial charge in [0.15, 0.2) is 0 Å². The molecule has 1 atom stereocenters. The summed E-state index contributed by atoms with van der Waals surface area (Å²) in [7, 11) is 0. The van der Waals surface area contributed by atoms with Gasteiger partial charge in [-0.1, -0.05) is 13.0 Å². The highest BCUT2D eigenvalue weighted by Gasteiger charge is 2.32. The van der Waals surface area contributed by atoms with Crippen molar-refractivity contribution in [2.24, 2.45) is 5.92 Å². The number of alkyl halides is 3. The maximum atomic E-state index is 12.6. The summed E-state index contributed by atoms with van der Waals surface area (Å²) in [5, 5.41) is 9.76. The van der Waals surface area contributed by atoms with E-state index in [-0.39, 0.29) is 24.8 Å². The number of carbonyl (C=O) groups excluding carboxylic acids is 1. The Balaban J connectivity index is 1.46. The van der Waals surface area contributed by atoms with Crippen LogP contribution in [0, 0.1) is 5.92 Å². The maximum absolute atomic E-state index is 12.6. The highest BCUT2D eigenvalue weighted by molar-refractivity contribution is 5.78. The van der Waals surface area contributed by atoms with Crippen LogP contribution in [0.2, 0.25) is 0 Å². The lowest BCUT2D eigenvalue weighted by atomic mass is 10.1. The van der Waals surface area contributed by atoms with Crippen molar-refractivity contribution >= 4 is 11.7 Å². The van der Waals surface area contributed by atoms with E-state index in [2.05, 4.69) is 20.7 Å². The molecule has 0 spiro atoms. The molecule has 2 aromatic rings. The second-order valence-electron chi connectivity index (χ2n) is 6.88. The first kappa shape index (κ1) is 19.2. The van der Waals surface area contributed by atoms with Gasteiger partial charge in [0.25, 0.3) is 0 Å². The third kappa shape index (κ3) is 5.21. The van der Waals surface area contributed by atoms with E-state index in [1.165, 1.54) is 4.68 Å². The fraction of sp³-hybridized carbons (Fsp3) is 0.500. The molecule has 1 unspecified atom stereocenters. The average molecular weight is 381 g/mol. The molecule has 0 radical (unpaired) electrons. The number of rotatable bonds is 6. The Labute approximate surface area is 155 Å². The Bertz CT molecular complexity index is 803. The van der Waals surface area contributed by atoms with Crippen molar-refractivity contribution in [2.45, 2.75) is 38.9 Å². The van der Waals surface area contributed by atoms with Crippen LogP contribution in [-0.4, -0.2) is 33.8 Å². The summed E-state index contributed by atoms with van der Waals surface area (Å²) in [6.07, 6.45) is -0.381. The minimum Gasteiger partial charge on any atom is -0.370 e. The number of anilines is 1. The zero-order valence-corrected chi connectivity index (χ0v) is 15.0. The predicted molar refractivity (Wildman–Crippen MR) is 94.2 cm³/mol. The highest BCUT2D eigenvalue weighted by atomic mass is 19.4. The Kier molecular flexibility index (Phi) is 5.67. The maximum Gasteiger partial charge on any atom is 0.419 e. The number of amides is 1.